The summed E-state index contributed by atoms with van der Waals surface area (Å²) in [5.41, 5.74) is 0. The Bertz CT molecular complexity index is 106. The summed E-state index contributed by atoms with van der Waals surface area (Å²) in [4.78, 5) is 0. The van der Waals surface area contributed by atoms with Crippen LogP contribution in [0.5, 0.6) is 0 Å². The van der Waals surface area contributed by atoms with E-state index in [4.69, 9.17) is 15.3 Å². The molecule has 1 fully saturated rings. The molecule has 0 saturated carbocycles. The van der Waals surface area contributed by atoms with Gasteiger partial charge >= 0.3 is 0 Å². The van der Waals surface area contributed by atoms with Crippen LogP contribution in [0.2, 0.25) is 0 Å². The van der Waals surface area contributed by atoms with Gasteiger partial charge in [-0.1, -0.05) is 0 Å². The van der Waals surface area contributed by atoms with Crippen LogP contribution in [0, 0.1) is 0 Å². The molecule has 1 heterocycles. The Morgan fingerprint density at radius 1 is 1.30 bits per heavy atom. The molecule has 1 rings (SSSR count). The van der Waals surface area contributed by atoms with E-state index in [0.29, 0.717) is 0 Å². The van der Waals surface area contributed by atoms with Crippen molar-refractivity contribution in [1.29, 1.82) is 0 Å². The van der Waals surface area contributed by atoms with Crippen LogP contribution in [0.25, 0.3) is 0 Å². The second-order valence-corrected chi connectivity index (χ2v) is 2.23. The van der Waals surface area contributed by atoms with Gasteiger partial charge in [-0.2, -0.15) is 0 Å². The van der Waals surface area contributed by atoms with E-state index in [-0.39, 0.29) is 6.61 Å². The standard InChI is InChI=1S/C5H9FO4/c6-3-2(7)1-10-5(9)4(3)8/h2-5,7-9H,1H2/t2-,3+,4+,5?/m1/s1. The van der Waals surface area contributed by atoms with Crippen LogP contribution in [0.3, 0.4) is 0 Å². The molecule has 0 aromatic carbocycles. The van der Waals surface area contributed by atoms with Crippen LogP contribution >= 0.6 is 0 Å². The summed E-state index contributed by atoms with van der Waals surface area (Å²) < 4.78 is 16.9. The second-order valence-electron chi connectivity index (χ2n) is 2.23. The molecule has 3 N–H and O–H groups in total. The third-order valence-corrected chi connectivity index (χ3v) is 1.42. The van der Waals surface area contributed by atoms with Gasteiger partial charge in [-0.3, -0.25) is 0 Å². The molecule has 1 aliphatic heterocycles. The first-order valence-electron chi connectivity index (χ1n) is 2.93. The van der Waals surface area contributed by atoms with Gasteiger partial charge in [0.2, 0.25) is 0 Å². The van der Waals surface area contributed by atoms with Gasteiger partial charge in [-0.25, -0.2) is 4.39 Å². The Morgan fingerprint density at radius 2 is 1.90 bits per heavy atom. The third-order valence-electron chi connectivity index (χ3n) is 1.42. The summed E-state index contributed by atoms with van der Waals surface area (Å²) in [6.45, 7) is -0.278. The molecule has 0 aromatic rings. The Balaban J connectivity index is 2.52. The van der Waals surface area contributed by atoms with Crippen molar-refractivity contribution in [2.24, 2.45) is 0 Å². The maximum absolute atomic E-state index is 12.5. The van der Waals surface area contributed by atoms with E-state index in [9.17, 15) is 4.39 Å². The minimum absolute atomic E-state index is 0.278. The molecule has 60 valence electrons. The monoisotopic (exact) mass is 152 g/mol. The number of halogens is 1. The highest BCUT2D eigenvalue weighted by Crippen LogP contribution is 2.16. The molecule has 0 amide bonds. The molecule has 1 aliphatic rings. The van der Waals surface area contributed by atoms with Crippen molar-refractivity contribution >= 4 is 0 Å². The van der Waals surface area contributed by atoms with Gasteiger partial charge in [-0.15, -0.1) is 0 Å². The van der Waals surface area contributed by atoms with E-state index >= 15 is 0 Å². The first kappa shape index (κ1) is 7.87. The van der Waals surface area contributed by atoms with E-state index in [1.807, 2.05) is 0 Å². The summed E-state index contributed by atoms with van der Waals surface area (Å²) >= 11 is 0. The highest BCUT2D eigenvalue weighted by molar-refractivity contribution is 4.81. The lowest BCUT2D eigenvalue weighted by Crippen LogP contribution is -2.50. The number of ether oxygens (including phenoxy) is 1. The quantitative estimate of drug-likeness (QED) is 0.391. The third kappa shape index (κ3) is 1.27. The zero-order valence-electron chi connectivity index (χ0n) is 5.14. The van der Waals surface area contributed by atoms with Crippen molar-refractivity contribution in [3.8, 4) is 0 Å². The van der Waals surface area contributed by atoms with Crippen molar-refractivity contribution in [3.63, 3.8) is 0 Å². The fraction of sp³-hybridized carbons (Fsp3) is 1.00. The maximum atomic E-state index is 12.5. The summed E-state index contributed by atoms with van der Waals surface area (Å²) in [7, 11) is 0. The van der Waals surface area contributed by atoms with E-state index in [1.165, 1.54) is 0 Å². The molecule has 10 heavy (non-hydrogen) atoms. The number of aliphatic hydroxyl groups excluding tert-OH is 3. The molecule has 0 aromatic heterocycles. The predicted octanol–water partition coefficient (Wildman–Crippen LogP) is -1.61. The predicted molar refractivity (Wildman–Crippen MR) is 28.9 cm³/mol. The second kappa shape index (κ2) is 2.79. The summed E-state index contributed by atoms with van der Waals surface area (Å²) in [5.74, 6) is 0. The molecule has 0 spiro atoms. The van der Waals surface area contributed by atoms with Crippen molar-refractivity contribution in [2.45, 2.75) is 24.7 Å². The average Bonchev–Trinajstić information content (AvgIpc) is 1.93. The number of aliphatic hydroxyl groups is 3. The average molecular weight is 152 g/mol. The van der Waals surface area contributed by atoms with Crippen molar-refractivity contribution in [3.05, 3.63) is 0 Å². The van der Waals surface area contributed by atoms with Crippen LogP contribution < -0.4 is 0 Å². The first-order chi connectivity index (χ1) is 4.63. The van der Waals surface area contributed by atoms with Gasteiger partial charge in [0.15, 0.2) is 12.5 Å². The van der Waals surface area contributed by atoms with Gasteiger partial charge in [0.25, 0.3) is 0 Å². The van der Waals surface area contributed by atoms with E-state index in [0.717, 1.165) is 0 Å². The van der Waals surface area contributed by atoms with Gasteiger partial charge in [0.05, 0.1) is 6.61 Å². The van der Waals surface area contributed by atoms with Crippen molar-refractivity contribution < 1.29 is 24.4 Å². The number of alkyl halides is 1. The fourth-order valence-electron chi connectivity index (χ4n) is 0.773. The lowest BCUT2D eigenvalue weighted by Gasteiger charge is -2.30. The molecular weight excluding hydrogens is 143 g/mol. The SMILES string of the molecule is OC1OC[C@@H](O)[C@H](F)[C@@H]1O. The van der Waals surface area contributed by atoms with E-state index in [1.54, 1.807) is 0 Å². The molecule has 0 aliphatic carbocycles. The number of hydrogen-bond acceptors (Lipinski definition) is 4. The van der Waals surface area contributed by atoms with Crippen molar-refractivity contribution in [1.82, 2.24) is 0 Å². The molecule has 0 bridgehead atoms. The van der Waals surface area contributed by atoms with Gasteiger partial charge in [0.1, 0.15) is 12.2 Å². The molecule has 1 unspecified atom stereocenters. The minimum atomic E-state index is -1.82. The zero-order valence-corrected chi connectivity index (χ0v) is 5.14. The van der Waals surface area contributed by atoms with Crippen molar-refractivity contribution in [2.75, 3.05) is 6.61 Å². The number of rotatable bonds is 0. The molecule has 5 heteroatoms. The Kier molecular flexibility index (Phi) is 2.20. The van der Waals surface area contributed by atoms with Gasteiger partial charge in [0, 0.05) is 0 Å². The van der Waals surface area contributed by atoms with E-state index < -0.39 is 24.7 Å². The van der Waals surface area contributed by atoms with E-state index in [2.05, 4.69) is 4.74 Å². The zero-order chi connectivity index (χ0) is 7.72. The summed E-state index contributed by atoms with van der Waals surface area (Å²) in [5, 5.41) is 26.0. The smallest absolute Gasteiger partial charge is 0.183 e. The maximum Gasteiger partial charge on any atom is 0.183 e. The van der Waals surface area contributed by atoms with Crippen LogP contribution in [0.1, 0.15) is 0 Å². The molecule has 4 nitrogen and oxygen atoms in total. The minimum Gasteiger partial charge on any atom is -0.388 e. The Hall–Kier alpha value is -0.230. The van der Waals surface area contributed by atoms with Gasteiger partial charge in [-0.05, 0) is 0 Å². The topological polar surface area (TPSA) is 69.9 Å². The fourth-order valence-corrected chi connectivity index (χ4v) is 0.773. The first-order valence-corrected chi connectivity index (χ1v) is 2.93. The van der Waals surface area contributed by atoms with Gasteiger partial charge < -0.3 is 20.1 Å². The Labute approximate surface area is 56.9 Å². The molecular formula is C5H9FO4. The molecule has 1 saturated heterocycles. The largest absolute Gasteiger partial charge is 0.388 e. The normalized spacial score (nSPS) is 49.2. The van der Waals surface area contributed by atoms with Crippen LogP contribution in [-0.2, 0) is 4.74 Å². The highest BCUT2D eigenvalue weighted by Gasteiger charge is 2.37. The van der Waals surface area contributed by atoms with Crippen LogP contribution in [0.15, 0.2) is 0 Å². The van der Waals surface area contributed by atoms with Crippen LogP contribution in [-0.4, -0.2) is 46.6 Å². The highest BCUT2D eigenvalue weighted by atomic mass is 19.1. The van der Waals surface area contributed by atoms with Crippen LogP contribution in [0.4, 0.5) is 4.39 Å². The lowest BCUT2D eigenvalue weighted by atomic mass is 10.1. The number of hydrogen-bond donors (Lipinski definition) is 3. The molecule has 0 radical (unpaired) electrons. The molecule has 4 atom stereocenters. The lowest BCUT2D eigenvalue weighted by molar-refractivity contribution is -0.238. The summed E-state index contributed by atoms with van der Waals surface area (Å²) in [6, 6.07) is 0. The summed E-state index contributed by atoms with van der Waals surface area (Å²) in [6.07, 6.45) is -6.30. The Morgan fingerprint density at radius 3 is 2.40 bits per heavy atom.